The summed E-state index contributed by atoms with van der Waals surface area (Å²) in [7, 11) is 0. The van der Waals surface area contributed by atoms with Crippen molar-refractivity contribution in [2.75, 3.05) is 6.54 Å². The molecule has 0 aromatic carbocycles. The highest BCUT2D eigenvalue weighted by Gasteiger charge is 2.32. The molecule has 1 fully saturated rings. The molecule has 1 aliphatic rings. The maximum atomic E-state index is 11.4. The van der Waals surface area contributed by atoms with E-state index in [0.29, 0.717) is 0 Å². The summed E-state index contributed by atoms with van der Waals surface area (Å²) in [4.78, 5) is 12.3. The van der Waals surface area contributed by atoms with Crippen LogP contribution in [-0.2, 0) is 0 Å². The summed E-state index contributed by atoms with van der Waals surface area (Å²) in [6.45, 7) is 3.07. The molecule has 1 saturated carbocycles. The van der Waals surface area contributed by atoms with E-state index in [-0.39, 0.29) is 5.91 Å². The maximum absolute atomic E-state index is 11.4. The molecule has 0 aliphatic heterocycles. The molecule has 0 bridgehead atoms. The van der Waals surface area contributed by atoms with E-state index in [1.165, 1.54) is 17.8 Å². The van der Waals surface area contributed by atoms with Crippen LogP contribution in [0.25, 0.3) is 0 Å². The summed E-state index contributed by atoms with van der Waals surface area (Å²) in [6, 6.07) is 3.76. The smallest absolute Gasteiger partial charge is 0.261 e. The van der Waals surface area contributed by atoms with Crippen LogP contribution in [0.2, 0.25) is 0 Å². The van der Waals surface area contributed by atoms with Crippen LogP contribution in [0.4, 0.5) is 0 Å². The lowest BCUT2D eigenvalue weighted by Gasteiger charge is -2.00. The Morgan fingerprint density at radius 3 is 3.08 bits per heavy atom. The van der Waals surface area contributed by atoms with Crippen molar-refractivity contribution < 1.29 is 4.79 Å². The summed E-state index contributed by atoms with van der Waals surface area (Å²) >= 11 is 1.49. The molecule has 3 heteroatoms. The third-order valence-electron chi connectivity index (χ3n) is 2.55. The second kappa shape index (κ2) is 3.50. The lowest BCUT2D eigenvalue weighted by molar-refractivity contribution is 0.0955. The number of hydrogen-bond acceptors (Lipinski definition) is 2. The molecule has 1 amide bonds. The molecule has 0 radical (unpaired) electrons. The zero-order chi connectivity index (χ0) is 9.26. The molecule has 1 N–H and O–H groups in total. The second-order valence-corrected chi connectivity index (χ2v) is 4.61. The van der Waals surface area contributed by atoms with Crippen LogP contribution in [0.1, 0.15) is 23.0 Å². The fourth-order valence-corrected chi connectivity index (χ4v) is 2.04. The molecule has 2 atom stereocenters. The Kier molecular flexibility index (Phi) is 2.36. The van der Waals surface area contributed by atoms with E-state index in [1.807, 2.05) is 17.5 Å². The van der Waals surface area contributed by atoms with Gasteiger partial charge in [-0.25, -0.2) is 0 Å². The normalized spacial score (nSPS) is 25.6. The lowest BCUT2D eigenvalue weighted by Crippen LogP contribution is -2.24. The van der Waals surface area contributed by atoms with Gasteiger partial charge in [-0.15, -0.1) is 11.3 Å². The third kappa shape index (κ3) is 2.10. The maximum Gasteiger partial charge on any atom is 0.261 e. The molecule has 1 aromatic rings. The Hall–Kier alpha value is -0.830. The molecule has 1 heterocycles. The Labute approximate surface area is 82.0 Å². The second-order valence-electron chi connectivity index (χ2n) is 3.66. The third-order valence-corrected chi connectivity index (χ3v) is 3.41. The Morgan fingerprint density at radius 2 is 2.54 bits per heavy atom. The molecule has 1 aliphatic carbocycles. The predicted octanol–water partition coefficient (Wildman–Crippen LogP) is 2.13. The summed E-state index contributed by atoms with van der Waals surface area (Å²) < 4.78 is 0. The first-order valence-electron chi connectivity index (χ1n) is 4.59. The number of nitrogens with one attached hydrogen (secondary N) is 1. The van der Waals surface area contributed by atoms with E-state index in [1.54, 1.807) is 0 Å². The number of rotatable bonds is 3. The van der Waals surface area contributed by atoms with Gasteiger partial charge in [0.05, 0.1) is 4.88 Å². The standard InChI is InChI=1S/C10H13NOS/c1-7-5-8(7)6-11-10(12)9-3-2-4-13-9/h2-4,7-8H,5-6H2,1H3,(H,11,12). The molecule has 70 valence electrons. The van der Waals surface area contributed by atoms with Crippen molar-refractivity contribution in [2.24, 2.45) is 11.8 Å². The first kappa shape index (κ1) is 8.75. The van der Waals surface area contributed by atoms with Crippen molar-refractivity contribution in [1.29, 1.82) is 0 Å². The van der Waals surface area contributed by atoms with E-state index in [9.17, 15) is 4.79 Å². The zero-order valence-corrected chi connectivity index (χ0v) is 8.43. The average Bonchev–Trinajstić information content (AvgIpc) is 2.67. The fourth-order valence-electron chi connectivity index (χ4n) is 1.40. The van der Waals surface area contributed by atoms with Crippen LogP contribution in [0.15, 0.2) is 17.5 Å². The molecular formula is C10H13NOS. The summed E-state index contributed by atoms with van der Waals surface area (Å²) in [6.07, 6.45) is 1.27. The van der Waals surface area contributed by atoms with Crippen molar-refractivity contribution >= 4 is 17.2 Å². The molecule has 2 rings (SSSR count). The highest BCUT2D eigenvalue weighted by atomic mass is 32.1. The number of carbonyl (C=O) groups is 1. The number of thiophene rings is 1. The van der Waals surface area contributed by atoms with E-state index < -0.39 is 0 Å². The topological polar surface area (TPSA) is 29.1 Å². The van der Waals surface area contributed by atoms with Crippen LogP contribution in [0, 0.1) is 11.8 Å². The Morgan fingerprint density at radius 1 is 1.77 bits per heavy atom. The number of hydrogen-bond donors (Lipinski definition) is 1. The highest BCUT2D eigenvalue weighted by molar-refractivity contribution is 7.12. The van der Waals surface area contributed by atoms with E-state index in [2.05, 4.69) is 12.2 Å². The van der Waals surface area contributed by atoms with Gasteiger partial charge in [-0.3, -0.25) is 4.79 Å². The predicted molar refractivity (Wildman–Crippen MR) is 53.9 cm³/mol. The van der Waals surface area contributed by atoms with Gasteiger partial charge in [0.1, 0.15) is 0 Å². The van der Waals surface area contributed by atoms with Gasteiger partial charge in [0, 0.05) is 6.54 Å². The van der Waals surface area contributed by atoms with Gasteiger partial charge in [-0.2, -0.15) is 0 Å². The number of amides is 1. The minimum Gasteiger partial charge on any atom is -0.351 e. The minimum absolute atomic E-state index is 0.0779. The number of carbonyl (C=O) groups excluding carboxylic acids is 1. The molecule has 1 aromatic heterocycles. The van der Waals surface area contributed by atoms with Crippen molar-refractivity contribution in [2.45, 2.75) is 13.3 Å². The van der Waals surface area contributed by atoms with Gasteiger partial charge >= 0.3 is 0 Å². The Balaban J connectivity index is 1.79. The van der Waals surface area contributed by atoms with Crippen LogP contribution >= 0.6 is 11.3 Å². The summed E-state index contributed by atoms with van der Waals surface area (Å²) in [5.74, 6) is 1.61. The van der Waals surface area contributed by atoms with Gasteiger partial charge in [-0.05, 0) is 29.7 Å². The molecule has 2 nitrogen and oxygen atoms in total. The van der Waals surface area contributed by atoms with E-state index in [4.69, 9.17) is 0 Å². The van der Waals surface area contributed by atoms with Crippen LogP contribution in [-0.4, -0.2) is 12.5 Å². The first-order valence-corrected chi connectivity index (χ1v) is 5.47. The molecule has 13 heavy (non-hydrogen) atoms. The van der Waals surface area contributed by atoms with Crippen LogP contribution < -0.4 is 5.32 Å². The summed E-state index contributed by atoms with van der Waals surface area (Å²) in [5, 5.41) is 4.87. The first-order chi connectivity index (χ1) is 6.27. The van der Waals surface area contributed by atoms with Gasteiger partial charge in [0.2, 0.25) is 0 Å². The van der Waals surface area contributed by atoms with Crippen LogP contribution in [0.5, 0.6) is 0 Å². The average molecular weight is 195 g/mol. The van der Waals surface area contributed by atoms with Crippen molar-refractivity contribution in [3.8, 4) is 0 Å². The largest absolute Gasteiger partial charge is 0.351 e. The molecule has 0 spiro atoms. The quantitative estimate of drug-likeness (QED) is 0.786. The highest BCUT2D eigenvalue weighted by Crippen LogP contribution is 2.36. The van der Waals surface area contributed by atoms with Gasteiger partial charge in [-0.1, -0.05) is 13.0 Å². The monoisotopic (exact) mass is 195 g/mol. The van der Waals surface area contributed by atoms with Crippen molar-refractivity contribution in [3.63, 3.8) is 0 Å². The Bertz CT molecular complexity index is 294. The molecule has 0 saturated heterocycles. The molecule has 2 unspecified atom stereocenters. The summed E-state index contributed by atoms with van der Waals surface area (Å²) in [5.41, 5.74) is 0. The SMILES string of the molecule is CC1CC1CNC(=O)c1cccs1. The van der Waals surface area contributed by atoms with Gasteiger partial charge < -0.3 is 5.32 Å². The van der Waals surface area contributed by atoms with Crippen molar-refractivity contribution in [3.05, 3.63) is 22.4 Å². The van der Waals surface area contributed by atoms with Crippen LogP contribution in [0.3, 0.4) is 0 Å². The minimum atomic E-state index is 0.0779. The van der Waals surface area contributed by atoms with Gasteiger partial charge in [0.25, 0.3) is 5.91 Å². The molecular weight excluding hydrogens is 182 g/mol. The van der Waals surface area contributed by atoms with E-state index >= 15 is 0 Å². The fraction of sp³-hybridized carbons (Fsp3) is 0.500. The van der Waals surface area contributed by atoms with E-state index in [0.717, 1.165) is 23.3 Å². The van der Waals surface area contributed by atoms with Crippen molar-refractivity contribution in [1.82, 2.24) is 5.32 Å². The lowest BCUT2D eigenvalue weighted by atomic mass is 10.3. The van der Waals surface area contributed by atoms with Gasteiger partial charge in [0.15, 0.2) is 0 Å². The zero-order valence-electron chi connectivity index (χ0n) is 7.62.